The van der Waals surface area contributed by atoms with Crippen LogP contribution in [0.25, 0.3) is 0 Å². The topological polar surface area (TPSA) is 115 Å². The second-order valence-electron chi connectivity index (χ2n) is 6.43. The largest absolute Gasteiger partial charge is 0.480 e. The number of rotatable bonds is 8. The summed E-state index contributed by atoms with van der Waals surface area (Å²) in [6, 6.07) is -1.28. The smallest absolute Gasteiger partial charge is 0.326 e. The van der Waals surface area contributed by atoms with Crippen molar-refractivity contribution in [3.63, 3.8) is 0 Å². The van der Waals surface area contributed by atoms with Gasteiger partial charge in [-0.05, 0) is 45.2 Å². The number of aliphatic carboxylic acids is 2. The minimum atomic E-state index is -1.03. The number of Topliss-reactive ketones (excluding diaryl/α,β-unsaturated/α-hetero) is 1. The average Bonchev–Trinajstić information content (AvgIpc) is 3.16. The maximum absolute atomic E-state index is 12.1. The molecule has 0 aromatic carbocycles. The summed E-state index contributed by atoms with van der Waals surface area (Å²) in [5.41, 5.74) is 0. The van der Waals surface area contributed by atoms with E-state index >= 15 is 0 Å². The molecule has 1 amide bonds. The van der Waals surface area contributed by atoms with E-state index in [2.05, 4.69) is 0 Å². The highest BCUT2D eigenvalue weighted by molar-refractivity contribution is 5.99. The normalized spacial score (nSPS) is 24.2. The van der Waals surface area contributed by atoms with Gasteiger partial charge in [0.2, 0.25) is 5.91 Å². The van der Waals surface area contributed by atoms with Gasteiger partial charge in [-0.3, -0.25) is 19.3 Å². The van der Waals surface area contributed by atoms with Crippen molar-refractivity contribution in [2.75, 3.05) is 19.6 Å². The van der Waals surface area contributed by atoms with Gasteiger partial charge in [0.05, 0.1) is 6.42 Å². The predicted molar refractivity (Wildman–Crippen MR) is 83.5 cm³/mol. The Bertz CT molecular complexity index is 521. The van der Waals surface area contributed by atoms with Crippen molar-refractivity contribution >= 4 is 23.6 Å². The Morgan fingerprint density at radius 2 is 1.54 bits per heavy atom. The Balaban J connectivity index is 1.72. The molecule has 24 heavy (non-hydrogen) atoms. The van der Waals surface area contributed by atoms with E-state index in [-0.39, 0.29) is 18.6 Å². The van der Waals surface area contributed by atoms with Crippen molar-refractivity contribution in [1.82, 2.24) is 9.80 Å². The third kappa shape index (κ3) is 4.53. The van der Waals surface area contributed by atoms with Crippen LogP contribution in [0.3, 0.4) is 0 Å². The second kappa shape index (κ2) is 8.23. The first-order chi connectivity index (χ1) is 11.4. The lowest BCUT2D eigenvalue weighted by Crippen LogP contribution is -2.41. The number of carbonyl (C=O) groups excluding carboxylic acids is 2. The lowest BCUT2D eigenvalue weighted by molar-refractivity contribution is -0.149. The van der Waals surface area contributed by atoms with E-state index in [0.29, 0.717) is 38.8 Å². The Labute approximate surface area is 140 Å². The van der Waals surface area contributed by atoms with Gasteiger partial charge < -0.3 is 15.1 Å². The van der Waals surface area contributed by atoms with E-state index in [1.54, 1.807) is 0 Å². The molecule has 0 radical (unpaired) electrons. The monoisotopic (exact) mass is 340 g/mol. The van der Waals surface area contributed by atoms with E-state index in [9.17, 15) is 19.2 Å². The van der Waals surface area contributed by atoms with Crippen LogP contribution in [0.4, 0.5) is 0 Å². The van der Waals surface area contributed by atoms with E-state index < -0.39 is 29.9 Å². The predicted octanol–water partition coefficient (Wildman–Crippen LogP) is 0.350. The minimum Gasteiger partial charge on any atom is -0.480 e. The summed E-state index contributed by atoms with van der Waals surface area (Å²) in [4.78, 5) is 49.3. The summed E-state index contributed by atoms with van der Waals surface area (Å²) in [7, 11) is 0. The molecule has 0 saturated carbocycles. The molecule has 0 spiro atoms. The fraction of sp³-hybridized carbons (Fsp3) is 0.750. The zero-order chi connectivity index (χ0) is 17.7. The number of nitrogens with zero attached hydrogens (tertiary/aromatic N) is 2. The van der Waals surface area contributed by atoms with Crippen LogP contribution in [0.5, 0.6) is 0 Å². The molecule has 0 aromatic rings. The standard InChI is InChI=1S/C16H24N2O6/c19-11(4-1-7-17-8-2-5-12(17)15(21)22)10-14(20)18-9-3-6-13(18)16(23)24/h12-13H,1-10H2,(H,21,22)(H,23,24)/t12-,13-/m1/s1. The van der Waals surface area contributed by atoms with Crippen LogP contribution in [-0.2, 0) is 19.2 Å². The molecular formula is C16H24N2O6. The highest BCUT2D eigenvalue weighted by Crippen LogP contribution is 2.20. The van der Waals surface area contributed by atoms with Gasteiger partial charge >= 0.3 is 11.9 Å². The van der Waals surface area contributed by atoms with Gasteiger partial charge in [-0.25, -0.2) is 4.79 Å². The summed E-state index contributed by atoms with van der Waals surface area (Å²) in [6.45, 7) is 1.63. The van der Waals surface area contributed by atoms with Gasteiger partial charge in [0.1, 0.15) is 17.9 Å². The zero-order valence-electron chi connectivity index (χ0n) is 13.6. The molecule has 0 bridgehead atoms. The third-order valence-corrected chi connectivity index (χ3v) is 4.76. The maximum Gasteiger partial charge on any atom is 0.326 e. The van der Waals surface area contributed by atoms with Crippen LogP contribution in [0.2, 0.25) is 0 Å². The van der Waals surface area contributed by atoms with E-state index in [4.69, 9.17) is 10.2 Å². The number of carboxylic acids is 2. The summed E-state index contributed by atoms with van der Waals surface area (Å²) in [6.07, 6.45) is 3.00. The molecule has 8 heteroatoms. The molecule has 2 fully saturated rings. The van der Waals surface area contributed by atoms with Crippen LogP contribution >= 0.6 is 0 Å². The van der Waals surface area contributed by atoms with E-state index in [0.717, 1.165) is 13.0 Å². The van der Waals surface area contributed by atoms with Gasteiger partial charge in [0, 0.05) is 13.0 Å². The maximum atomic E-state index is 12.1. The molecule has 2 aliphatic heterocycles. The van der Waals surface area contributed by atoms with Crippen molar-refractivity contribution in [1.29, 1.82) is 0 Å². The van der Waals surface area contributed by atoms with Gasteiger partial charge in [-0.1, -0.05) is 0 Å². The van der Waals surface area contributed by atoms with Crippen molar-refractivity contribution in [3.8, 4) is 0 Å². The van der Waals surface area contributed by atoms with E-state index in [1.807, 2.05) is 4.90 Å². The average molecular weight is 340 g/mol. The first-order valence-electron chi connectivity index (χ1n) is 8.41. The lowest BCUT2D eigenvalue weighted by Gasteiger charge is -2.22. The number of likely N-dealkylation sites (tertiary alicyclic amines) is 2. The summed E-state index contributed by atoms with van der Waals surface area (Å²) < 4.78 is 0. The number of hydrogen-bond donors (Lipinski definition) is 2. The molecule has 2 saturated heterocycles. The van der Waals surface area contributed by atoms with Crippen molar-refractivity contribution < 1.29 is 29.4 Å². The van der Waals surface area contributed by atoms with Gasteiger partial charge in [0.25, 0.3) is 0 Å². The number of carboxylic acid groups (broad SMARTS) is 2. The number of hydrogen-bond acceptors (Lipinski definition) is 5. The first kappa shape index (κ1) is 18.4. The third-order valence-electron chi connectivity index (χ3n) is 4.76. The molecule has 2 rings (SSSR count). The molecular weight excluding hydrogens is 316 g/mol. The molecule has 0 unspecified atom stereocenters. The number of ketones is 1. The molecule has 2 atom stereocenters. The van der Waals surface area contributed by atoms with Crippen molar-refractivity contribution in [3.05, 3.63) is 0 Å². The highest BCUT2D eigenvalue weighted by Gasteiger charge is 2.34. The highest BCUT2D eigenvalue weighted by atomic mass is 16.4. The number of amides is 1. The number of carbonyl (C=O) groups is 4. The van der Waals surface area contributed by atoms with Crippen LogP contribution < -0.4 is 0 Å². The molecule has 8 nitrogen and oxygen atoms in total. The molecule has 2 N–H and O–H groups in total. The first-order valence-corrected chi connectivity index (χ1v) is 8.41. The summed E-state index contributed by atoms with van der Waals surface area (Å²) in [5.74, 6) is -2.50. The molecule has 134 valence electrons. The molecule has 0 aliphatic carbocycles. The van der Waals surface area contributed by atoms with Crippen LogP contribution in [-0.4, -0.2) is 75.4 Å². The fourth-order valence-corrected chi connectivity index (χ4v) is 3.53. The van der Waals surface area contributed by atoms with Crippen LogP contribution in [0.15, 0.2) is 0 Å². The second-order valence-corrected chi connectivity index (χ2v) is 6.43. The minimum absolute atomic E-state index is 0.208. The Hall–Kier alpha value is -1.96. The molecule has 0 aromatic heterocycles. The van der Waals surface area contributed by atoms with Gasteiger partial charge in [-0.15, -0.1) is 0 Å². The van der Waals surface area contributed by atoms with Gasteiger partial charge in [0.15, 0.2) is 0 Å². The van der Waals surface area contributed by atoms with Crippen molar-refractivity contribution in [2.24, 2.45) is 0 Å². The van der Waals surface area contributed by atoms with E-state index in [1.165, 1.54) is 4.90 Å². The van der Waals surface area contributed by atoms with Crippen LogP contribution in [0.1, 0.15) is 44.9 Å². The Morgan fingerprint density at radius 1 is 0.917 bits per heavy atom. The quantitative estimate of drug-likeness (QED) is 0.613. The Kier molecular flexibility index (Phi) is 6.30. The van der Waals surface area contributed by atoms with Crippen molar-refractivity contribution in [2.45, 2.75) is 57.0 Å². The molecule has 2 heterocycles. The van der Waals surface area contributed by atoms with Gasteiger partial charge in [-0.2, -0.15) is 0 Å². The Morgan fingerprint density at radius 3 is 2.21 bits per heavy atom. The SMILES string of the molecule is O=C(CCCN1CCC[C@@H]1C(=O)O)CC(=O)N1CCC[C@@H]1C(=O)O. The summed E-state index contributed by atoms with van der Waals surface area (Å²) >= 11 is 0. The zero-order valence-corrected chi connectivity index (χ0v) is 13.6. The fourth-order valence-electron chi connectivity index (χ4n) is 3.53. The summed E-state index contributed by atoms with van der Waals surface area (Å²) in [5, 5.41) is 18.2. The van der Waals surface area contributed by atoms with Crippen LogP contribution in [0, 0.1) is 0 Å². The molecule has 2 aliphatic rings. The lowest BCUT2D eigenvalue weighted by atomic mass is 10.1.